The lowest BCUT2D eigenvalue weighted by Gasteiger charge is -2.19. The molecule has 4 nitrogen and oxygen atoms in total. The summed E-state index contributed by atoms with van der Waals surface area (Å²) in [6.07, 6.45) is -3.07. The molecule has 1 amide bonds. The number of carbonyl (C=O) groups is 1. The molecule has 0 radical (unpaired) electrons. The number of amides is 1. The number of rotatable bonds is 2. The van der Waals surface area contributed by atoms with Crippen LogP contribution in [0.4, 0.5) is 19.0 Å². The van der Waals surface area contributed by atoms with Crippen molar-refractivity contribution >= 4 is 23.3 Å². The SMILES string of the molecule is CC#CC(=O)N[C@@H]1CCN(c2ncc(C(F)(F)F)cc2Cl)C1. The van der Waals surface area contributed by atoms with Gasteiger partial charge in [-0.05, 0) is 25.3 Å². The number of aromatic nitrogens is 1. The standard InChI is InChI=1S/C14H13ClF3N3O/c1-2-3-12(22)20-10-4-5-21(8-10)13-11(15)6-9(7-19-13)14(16,17)18/h6-7,10H,4-5,8H2,1H3,(H,20,22)/t10-/m1/s1. The summed E-state index contributed by atoms with van der Waals surface area (Å²) < 4.78 is 37.7. The molecule has 0 spiro atoms. The molecule has 0 aliphatic carbocycles. The average Bonchev–Trinajstić information content (AvgIpc) is 2.86. The Morgan fingerprint density at radius 1 is 1.55 bits per heavy atom. The molecule has 0 aromatic carbocycles. The molecule has 0 bridgehead atoms. The highest BCUT2D eigenvalue weighted by Gasteiger charge is 2.33. The van der Waals surface area contributed by atoms with Gasteiger partial charge in [0.1, 0.15) is 5.82 Å². The highest BCUT2D eigenvalue weighted by atomic mass is 35.5. The van der Waals surface area contributed by atoms with Crippen molar-refractivity contribution in [2.45, 2.75) is 25.6 Å². The number of halogens is 4. The van der Waals surface area contributed by atoms with Crippen LogP contribution in [0.15, 0.2) is 12.3 Å². The summed E-state index contributed by atoms with van der Waals surface area (Å²) in [5.74, 6) is 4.79. The number of nitrogens with zero attached hydrogens (tertiary/aromatic N) is 2. The number of alkyl halides is 3. The maximum Gasteiger partial charge on any atom is 0.417 e. The molecule has 8 heteroatoms. The van der Waals surface area contributed by atoms with Crippen molar-refractivity contribution in [3.05, 3.63) is 22.8 Å². The lowest BCUT2D eigenvalue weighted by molar-refractivity contribution is -0.137. The third-order valence-corrected chi connectivity index (χ3v) is 3.49. The molecular weight excluding hydrogens is 319 g/mol. The van der Waals surface area contributed by atoms with Gasteiger partial charge in [0.2, 0.25) is 0 Å². The Morgan fingerprint density at radius 2 is 2.27 bits per heavy atom. The minimum Gasteiger partial charge on any atom is -0.353 e. The number of hydrogen-bond donors (Lipinski definition) is 1. The molecule has 1 aromatic rings. The van der Waals surface area contributed by atoms with E-state index in [9.17, 15) is 18.0 Å². The Bertz CT molecular complexity index is 636. The number of nitrogens with one attached hydrogen (secondary N) is 1. The molecule has 2 heterocycles. The van der Waals surface area contributed by atoms with Crippen molar-refractivity contribution < 1.29 is 18.0 Å². The Morgan fingerprint density at radius 3 is 2.86 bits per heavy atom. The molecule has 118 valence electrons. The van der Waals surface area contributed by atoms with Gasteiger partial charge in [0.05, 0.1) is 10.6 Å². The van der Waals surface area contributed by atoms with E-state index in [1.807, 2.05) is 0 Å². The molecule has 0 unspecified atom stereocenters. The average molecular weight is 332 g/mol. The van der Waals surface area contributed by atoms with E-state index in [1.165, 1.54) is 0 Å². The number of carbonyl (C=O) groups excluding carboxylic acids is 1. The Balaban J connectivity index is 2.07. The first-order valence-electron chi connectivity index (χ1n) is 6.52. The largest absolute Gasteiger partial charge is 0.417 e. The van der Waals surface area contributed by atoms with Crippen LogP contribution >= 0.6 is 11.6 Å². The summed E-state index contributed by atoms with van der Waals surface area (Å²) >= 11 is 5.90. The molecular formula is C14H13ClF3N3O. The van der Waals surface area contributed by atoms with Crippen LogP contribution in [0.5, 0.6) is 0 Å². The van der Waals surface area contributed by atoms with Crippen molar-refractivity contribution in [2.24, 2.45) is 0 Å². The zero-order valence-corrected chi connectivity index (χ0v) is 12.4. The van der Waals surface area contributed by atoms with Crippen molar-refractivity contribution in [2.75, 3.05) is 18.0 Å². The smallest absolute Gasteiger partial charge is 0.353 e. The predicted octanol–water partition coefficient (Wildman–Crippen LogP) is 2.47. The quantitative estimate of drug-likeness (QED) is 0.847. The van der Waals surface area contributed by atoms with Gasteiger partial charge in [-0.1, -0.05) is 17.5 Å². The van der Waals surface area contributed by atoms with Gasteiger partial charge in [0.25, 0.3) is 5.91 Å². The first-order valence-corrected chi connectivity index (χ1v) is 6.90. The van der Waals surface area contributed by atoms with Crippen LogP contribution in [-0.4, -0.2) is 30.0 Å². The summed E-state index contributed by atoms with van der Waals surface area (Å²) in [7, 11) is 0. The van der Waals surface area contributed by atoms with E-state index in [4.69, 9.17) is 11.6 Å². The zero-order valence-electron chi connectivity index (χ0n) is 11.7. The van der Waals surface area contributed by atoms with Gasteiger partial charge in [-0.15, -0.1) is 0 Å². The third kappa shape index (κ3) is 3.83. The Hall–Kier alpha value is -1.94. The van der Waals surface area contributed by atoms with Crippen LogP contribution in [0.1, 0.15) is 18.9 Å². The lowest BCUT2D eigenvalue weighted by Crippen LogP contribution is -2.36. The van der Waals surface area contributed by atoms with Gasteiger partial charge in [-0.3, -0.25) is 4.79 Å². The molecule has 1 aliphatic heterocycles. The molecule has 1 saturated heterocycles. The summed E-state index contributed by atoms with van der Waals surface area (Å²) in [6.45, 7) is 2.53. The Labute approximate surface area is 130 Å². The highest BCUT2D eigenvalue weighted by molar-refractivity contribution is 6.33. The van der Waals surface area contributed by atoms with Crippen molar-refractivity contribution in [1.29, 1.82) is 0 Å². The topological polar surface area (TPSA) is 45.2 Å². The summed E-state index contributed by atoms with van der Waals surface area (Å²) in [5, 5.41) is 2.67. The van der Waals surface area contributed by atoms with E-state index < -0.39 is 11.7 Å². The summed E-state index contributed by atoms with van der Waals surface area (Å²) in [4.78, 5) is 16.9. The Kier molecular flexibility index (Phi) is 4.81. The fraction of sp³-hybridized carbons (Fsp3) is 0.429. The maximum atomic E-state index is 12.6. The van der Waals surface area contributed by atoms with Crippen LogP contribution < -0.4 is 10.2 Å². The van der Waals surface area contributed by atoms with Crippen LogP contribution in [0.25, 0.3) is 0 Å². The minimum absolute atomic E-state index is 0.0600. The fourth-order valence-electron chi connectivity index (χ4n) is 2.22. The molecule has 22 heavy (non-hydrogen) atoms. The monoisotopic (exact) mass is 331 g/mol. The van der Waals surface area contributed by atoms with Crippen LogP contribution in [-0.2, 0) is 11.0 Å². The molecule has 0 saturated carbocycles. The molecule has 1 fully saturated rings. The van der Waals surface area contributed by atoms with E-state index in [2.05, 4.69) is 22.1 Å². The predicted molar refractivity (Wildman–Crippen MR) is 76.5 cm³/mol. The van der Waals surface area contributed by atoms with Crippen molar-refractivity contribution in [1.82, 2.24) is 10.3 Å². The molecule has 1 N–H and O–H groups in total. The van der Waals surface area contributed by atoms with Crippen LogP contribution in [0.3, 0.4) is 0 Å². The maximum absolute atomic E-state index is 12.6. The van der Waals surface area contributed by atoms with Gasteiger partial charge in [0, 0.05) is 25.3 Å². The van der Waals surface area contributed by atoms with Crippen LogP contribution in [0.2, 0.25) is 5.02 Å². The second-order valence-corrected chi connectivity index (χ2v) is 5.21. The van der Waals surface area contributed by atoms with Gasteiger partial charge in [-0.2, -0.15) is 13.2 Å². The first-order chi connectivity index (χ1) is 10.3. The summed E-state index contributed by atoms with van der Waals surface area (Å²) in [5.41, 5.74) is -0.886. The van der Waals surface area contributed by atoms with Crippen molar-refractivity contribution in [3.63, 3.8) is 0 Å². The van der Waals surface area contributed by atoms with E-state index in [0.29, 0.717) is 19.5 Å². The third-order valence-electron chi connectivity index (χ3n) is 3.21. The molecule has 1 aliphatic rings. The zero-order chi connectivity index (χ0) is 16.3. The number of hydrogen-bond acceptors (Lipinski definition) is 3. The second kappa shape index (κ2) is 6.44. The molecule has 1 aromatic heterocycles. The lowest BCUT2D eigenvalue weighted by atomic mass is 10.2. The number of anilines is 1. The van der Waals surface area contributed by atoms with Crippen LogP contribution in [0, 0.1) is 11.8 Å². The minimum atomic E-state index is -4.48. The van der Waals surface area contributed by atoms with Gasteiger partial charge in [0.15, 0.2) is 0 Å². The molecule has 2 rings (SSSR count). The van der Waals surface area contributed by atoms with Gasteiger partial charge in [-0.25, -0.2) is 4.98 Å². The first kappa shape index (κ1) is 16.4. The molecule has 1 atom stereocenters. The second-order valence-electron chi connectivity index (χ2n) is 4.81. The highest BCUT2D eigenvalue weighted by Crippen LogP contribution is 2.34. The van der Waals surface area contributed by atoms with Crippen molar-refractivity contribution in [3.8, 4) is 11.8 Å². The van der Waals surface area contributed by atoms with E-state index in [-0.39, 0.29) is 22.8 Å². The normalized spacial score (nSPS) is 17.9. The van der Waals surface area contributed by atoms with E-state index >= 15 is 0 Å². The van der Waals surface area contributed by atoms with Gasteiger partial charge < -0.3 is 10.2 Å². The van der Waals surface area contributed by atoms with Gasteiger partial charge >= 0.3 is 6.18 Å². The number of pyridine rings is 1. The van der Waals surface area contributed by atoms with E-state index in [1.54, 1.807) is 11.8 Å². The fourth-order valence-corrected chi connectivity index (χ4v) is 2.51. The van der Waals surface area contributed by atoms with E-state index in [0.717, 1.165) is 12.3 Å². The summed E-state index contributed by atoms with van der Waals surface area (Å²) in [6, 6.07) is 0.728.